The van der Waals surface area contributed by atoms with Crippen LogP contribution in [0.5, 0.6) is 5.75 Å². The molecule has 94 valence electrons. The molecule has 2 N–H and O–H groups in total. The highest BCUT2D eigenvalue weighted by atomic mass is 35.5. The zero-order valence-electron chi connectivity index (χ0n) is 9.70. The molecule has 4 heteroatoms. The maximum atomic E-state index is 13.2. The molecule has 2 aromatic rings. The Bertz CT molecular complexity index is 545. The second-order valence-corrected chi connectivity index (χ2v) is 4.28. The first kappa shape index (κ1) is 12.7. The summed E-state index contributed by atoms with van der Waals surface area (Å²) in [5, 5.41) is 0.0923. The molecule has 0 atom stereocenters. The van der Waals surface area contributed by atoms with Crippen molar-refractivity contribution in [2.24, 2.45) is 0 Å². The molecule has 0 bridgehead atoms. The summed E-state index contributed by atoms with van der Waals surface area (Å²) in [5.41, 5.74) is 7.57. The van der Waals surface area contributed by atoms with E-state index < -0.39 is 5.82 Å². The van der Waals surface area contributed by atoms with Gasteiger partial charge in [0.1, 0.15) is 11.6 Å². The number of hydrogen-bond donors (Lipinski definition) is 1. The van der Waals surface area contributed by atoms with E-state index in [1.807, 2.05) is 24.3 Å². The Morgan fingerprint density at radius 3 is 2.67 bits per heavy atom. The molecule has 0 radical (unpaired) electrons. The summed E-state index contributed by atoms with van der Waals surface area (Å²) in [6.45, 7) is 0.440. The van der Waals surface area contributed by atoms with E-state index in [0.717, 1.165) is 11.3 Å². The van der Waals surface area contributed by atoms with E-state index in [4.69, 9.17) is 22.1 Å². The fourth-order valence-electron chi connectivity index (χ4n) is 1.61. The highest BCUT2D eigenvalue weighted by Gasteiger charge is 2.02. The van der Waals surface area contributed by atoms with Gasteiger partial charge in [-0.3, -0.25) is 0 Å². The fraction of sp³-hybridized carbons (Fsp3) is 0.143. The molecule has 0 aliphatic carbocycles. The lowest BCUT2D eigenvalue weighted by molar-refractivity contribution is 0.320. The van der Waals surface area contributed by atoms with Crippen molar-refractivity contribution in [2.75, 3.05) is 12.3 Å². The van der Waals surface area contributed by atoms with Crippen LogP contribution in [-0.2, 0) is 6.42 Å². The Balaban J connectivity index is 1.92. The Morgan fingerprint density at radius 2 is 1.94 bits per heavy atom. The van der Waals surface area contributed by atoms with Crippen LogP contribution in [0.15, 0.2) is 42.5 Å². The van der Waals surface area contributed by atoms with Crippen molar-refractivity contribution in [1.82, 2.24) is 0 Å². The van der Waals surface area contributed by atoms with E-state index in [-0.39, 0.29) is 5.02 Å². The number of ether oxygens (including phenoxy) is 1. The van der Waals surface area contributed by atoms with Gasteiger partial charge in [-0.05, 0) is 23.8 Å². The van der Waals surface area contributed by atoms with E-state index in [2.05, 4.69) is 0 Å². The van der Waals surface area contributed by atoms with Gasteiger partial charge in [0.05, 0.1) is 11.6 Å². The fourth-order valence-corrected chi connectivity index (χ4v) is 1.72. The summed E-state index contributed by atoms with van der Waals surface area (Å²) in [7, 11) is 0. The van der Waals surface area contributed by atoms with Crippen molar-refractivity contribution in [1.29, 1.82) is 0 Å². The van der Waals surface area contributed by atoms with Crippen LogP contribution in [-0.4, -0.2) is 6.61 Å². The minimum absolute atomic E-state index is 0.0923. The average molecular weight is 266 g/mol. The smallest absolute Gasteiger partial charge is 0.145 e. The predicted molar refractivity (Wildman–Crippen MR) is 71.5 cm³/mol. The summed E-state index contributed by atoms with van der Waals surface area (Å²) < 4.78 is 18.6. The van der Waals surface area contributed by atoms with Crippen LogP contribution in [0.25, 0.3) is 0 Å². The van der Waals surface area contributed by atoms with Gasteiger partial charge < -0.3 is 10.5 Å². The maximum Gasteiger partial charge on any atom is 0.145 e. The predicted octanol–water partition coefficient (Wildman–Crippen LogP) is 3.68. The van der Waals surface area contributed by atoms with Crippen LogP contribution in [0, 0.1) is 5.82 Å². The van der Waals surface area contributed by atoms with Crippen LogP contribution in [0.3, 0.4) is 0 Å². The molecule has 0 unspecified atom stereocenters. The standard InChI is InChI=1S/C14H13ClFNO/c15-12-6-5-11(9-13(12)16)18-8-7-10-3-1-2-4-14(10)17/h1-6,9H,7-8,17H2. The topological polar surface area (TPSA) is 35.2 Å². The highest BCUT2D eigenvalue weighted by Crippen LogP contribution is 2.20. The maximum absolute atomic E-state index is 13.2. The van der Waals surface area contributed by atoms with E-state index in [1.165, 1.54) is 12.1 Å². The highest BCUT2D eigenvalue weighted by molar-refractivity contribution is 6.30. The molecule has 2 aromatic carbocycles. The van der Waals surface area contributed by atoms with Crippen molar-refractivity contribution in [3.63, 3.8) is 0 Å². The van der Waals surface area contributed by atoms with Crippen molar-refractivity contribution in [3.05, 3.63) is 58.9 Å². The first-order chi connectivity index (χ1) is 8.66. The molecule has 2 rings (SSSR count). The van der Waals surface area contributed by atoms with Crippen molar-refractivity contribution in [2.45, 2.75) is 6.42 Å². The molecular weight excluding hydrogens is 253 g/mol. The normalized spacial score (nSPS) is 10.3. The molecule has 0 heterocycles. The third-order valence-electron chi connectivity index (χ3n) is 2.59. The second-order valence-electron chi connectivity index (χ2n) is 3.87. The van der Waals surface area contributed by atoms with E-state index in [0.29, 0.717) is 18.8 Å². The number of halogens is 2. The molecule has 2 nitrogen and oxygen atoms in total. The number of hydrogen-bond acceptors (Lipinski definition) is 2. The van der Waals surface area contributed by atoms with Gasteiger partial charge in [0, 0.05) is 18.2 Å². The molecular formula is C14H13ClFNO. The zero-order chi connectivity index (χ0) is 13.0. The molecule has 0 aliphatic rings. The van der Waals surface area contributed by atoms with Crippen LogP contribution >= 0.6 is 11.6 Å². The van der Waals surface area contributed by atoms with Gasteiger partial charge in [-0.25, -0.2) is 4.39 Å². The lowest BCUT2D eigenvalue weighted by atomic mass is 10.1. The van der Waals surface area contributed by atoms with Gasteiger partial charge in [-0.1, -0.05) is 29.8 Å². The van der Waals surface area contributed by atoms with Gasteiger partial charge in [0.15, 0.2) is 0 Å². The minimum atomic E-state index is -0.478. The Kier molecular flexibility index (Phi) is 4.05. The second kappa shape index (κ2) is 5.74. The van der Waals surface area contributed by atoms with Crippen molar-refractivity contribution in [3.8, 4) is 5.75 Å². The quantitative estimate of drug-likeness (QED) is 0.856. The molecule has 0 fully saturated rings. The SMILES string of the molecule is Nc1ccccc1CCOc1ccc(Cl)c(F)c1. The summed E-state index contributed by atoms with van der Waals surface area (Å²) in [6, 6.07) is 12.0. The molecule has 0 saturated carbocycles. The Hall–Kier alpha value is -1.74. The lowest BCUT2D eigenvalue weighted by Crippen LogP contribution is -2.03. The van der Waals surface area contributed by atoms with Gasteiger partial charge >= 0.3 is 0 Å². The van der Waals surface area contributed by atoms with Gasteiger partial charge in [-0.2, -0.15) is 0 Å². The third kappa shape index (κ3) is 3.14. The Labute approximate surface area is 110 Å². The van der Waals surface area contributed by atoms with Crippen molar-refractivity contribution < 1.29 is 9.13 Å². The van der Waals surface area contributed by atoms with Gasteiger partial charge in [0.25, 0.3) is 0 Å². The molecule has 18 heavy (non-hydrogen) atoms. The van der Waals surface area contributed by atoms with E-state index in [1.54, 1.807) is 6.07 Å². The molecule has 0 aromatic heterocycles. The number of nitrogens with two attached hydrogens (primary N) is 1. The first-order valence-corrected chi connectivity index (χ1v) is 5.96. The van der Waals surface area contributed by atoms with Crippen LogP contribution in [0.2, 0.25) is 5.02 Å². The number of nitrogen functional groups attached to an aromatic ring is 1. The molecule has 0 spiro atoms. The van der Waals surface area contributed by atoms with Crippen LogP contribution < -0.4 is 10.5 Å². The van der Waals surface area contributed by atoms with E-state index >= 15 is 0 Å². The lowest BCUT2D eigenvalue weighted by Gasteiger charge is -2.08. The summed E-state index contributed by atoms with van der Waals surface area (Å²) in [4.78, 5) is 0. The van der Waals surface area contributed by atoms with Crippen LogP contribution in [0.1, 0.15) is 5.56 Å². The summed E-state index contributed by atoms with van der Waals surface area (Å²) >= 11 is 5.58. The summed E-state index contributed by atoms with van der Waals surface area (Å²) in [5.74, 6) is -0.0141. The number of benzene rings is 2. The largest absolute Gasteiger partial charge is 0.493 e. The molecule has 0 saturated heterocycles. The van der Waals surface area contributed by atoms with E-state index in [9.17, 15) is 4.39 Å². The van der Waals surface area contributed by atoms with Crippen molar-refractivity contribution >= 4 is 17.3 Å². The molecule has 0 aliphatic heterocycles. The molecule has 0 amide bonds. The summed E-state index contributed by atoms with van der Waals surface area (Å²) in [6.07, 6.45) is 0.677. The first-order valence-electron chi connectivity index (χ1n) is 5.58. The number of rotatable bonds is 4. The number of anilines is 1. The minimum Gasteiger partial charge on any atom is -0.493 e. The van der Waals surface area contributed by atoms with Crippen LogP contribution in [0.4, 0.5) is 10.1 Å². The van der Waals surface area contributed by atoms with Gasteiger partial charge in [0.2, 0.25) is 0 Å². The van der Waals surface area contributed by atoms with Gasteiger partial charge in [-0.15, -0.1) is 0 Å². The monoisotopic (exact) mass is 265 g/mol. The average Bonchev–Trinajstić information content (AvgIpc) is 2.36. The zero-order valence-corrected chi connectivity index (χ0v) is 10.5. The Morgan fingerprint density at radius 1 is 1.17 bits per heavy atom. The number of para-hydroxylation sites is 1. The third-order valence-corrected chi connectivity index (χ3v) is 2.89.